The van der Waals surface area contributed by atoms with E-state index >= 15 is 0 Å². The van der Waals surface area contributed by atoms with Crippen LogP contribution in [0.4, 0.5) is 0 Å². The Morgan fingerprint density at radius 1 is 1.50 bits per heavy atom. The van der Waals surface area contributed by atoms with Gasteiger partial charge in [-0.1, -0.05) is 0 Å². The molecule has 0 aromatic rings. The van der Waals surface area contributed by atoms with Crippen molar-refractivity contribution in [3.63, 3.8) is 0 Å². The summed E-state index contributed by atoms with van der Waals surface area (Å²) in [5.41, 5.74) is -0.259. The van der Waals surface area contributed by atoms with Gasteiger partial charge in [0.2, 0.25) is 0 Å². The fraction of sp³-hybridized carbons (Fsp3) is 0.857. The fourth-order valence-electron chi connectivity index (χ4n) is 3.47. The second-order valence-corrected chi connectivity index (χ2v) is 6.32. The third-order valence-corrected chi connectivity index (χ3v) is 4.52. The third kappa shape index (κ3) is 2.51. The first kappa shape index (κ1) is 13.4. The first-order valence-electron chi connectivity index (χ1n) is 6.84. The molecule has 3 atom stereocenters. The zero-order chi connectivity index (χ0) is 13.3. The molecule has 1 N–H and O–H groups in total. The van der Waals surface area contributed by atoms with Crippen LogP contribution in [-0.2, 0) is 4.79 Å². The summed E-state index contributed by atoms with van der Waals surface area (Å²) in [6, 6.07) is 3.04. The second-order valence-electron chi connectivity index (χ2n) is 6.32. The van der Waals surface area contributed by atoms with Crippen LogP contribution in [0.2, 0.25) is 0 Å². The van der Waals surface area contributed by atoms with Crippen LogP contribution >= 0.6 is 0 Å². The largest absolute Gasteiger partial charge is 0.481 e. The average Bonchev–Trinajstić information content (AvgIpc) is 2.86. The molecule has 0 radical (unpaired) electrons. The van der Waals surface area contributed by atoms with Crippen LogP contribution < -0.4 is 0 Å². The minimum absolute atomic E-state index is 0.160. The van der Waals surface area contributed by atoms with Gasteiger partial charge in [0.25, 0.3) is 0 Å². The van der Waals surface area contributed by atoms with Crippen molar-refractivity contribution in [3.8, 4) is 6.07 Å². The molecular formula is C14H22N2O2. The number of aliphatic carboxylic acids is 1. The van der Waals surface area contributed by atoms with Crippen LogP contribution in [-0.4, -0.2) is 34.6 Å². The lowest BCUT2D eigenvalue weighted by molar-refractivity contribution is -0.142. The van der Waals surface area contributed by atoms with Crippen molar-refractivity contribution in [2.45, 2.75) is 58.0 Å². The summed E-state index contributed by atoms with van der Waals surface area (Å²) >= 11 is 0. The van der Waals surface area contributed by atoms with Crippen LogP contribution in [0.25, 0.3) is 0 Å². The molecule has 0 aromatic carbocycles. The lowest BCUT2D eigenvalue weighted by Crippen LogP contribution is -2.34. The van der Waals surface area contributed by atoms with E-state index in [-0.39, 0.29) is 17.4 Å². The number of rotatable bonds is 5. The summed E-state index contributed by atoms with van der Waals surface area (Å²) in [6.07, 6.45) is 4.87. The van der Waals surface area contributed by atoms with E-state index in [0.717, 1.165) is 38.6 Å². The van der Waals surface area contributed by atoms with E-state index in [0.29, 0.717) is 6.04 Å². The van der Waals surface area contributed by atoms with Crippen LogP contribution in [0, 0.1) is 22.7 Å². The highest BCUT2D eigenvalue weighted by Gasteiger charge is 2.48. The molecule has 4 nitrogen and oxygen atoms in total. The molecule has 0 saturated carbocycles. The van der Waals surface area contributed by atoms with E-state index in [1.165, 1.54) is 0 Å². The van der Waals surface area contributed by atoms with Crippen LogP contribution in [0.5, 0.6) is 0 Å². The molecule has 0 amide bonds. The van der Waals surface area contributed by atoms with Gasteiger partial charge in [-0.15, -0.1) is 0 Å². The normalized spacial score (nSPS) is 31.5. The smallest absolute Gasteiger partial charge is 0.308 e. The van der Waals surface area contributed by atoms with Crippen molar-refractivity contribution in [1.82, 2.24) is 4.90 Å². The van der Waals surface area contributed by atoms with Gasteiger partial charge in [0, 0.05) is 12.1 Å². The molecule has 2 fully saturated rings. The van der Waals surface area contributed by atoms with Crippen molar-refractivity contribution in [2.75, 3.05) is 6.54 Å². The zero-order valence-corrected chi connectivity index (χ0v) is 11.2. The van der Waals surface area contributed by atoms with E-state index in [1.54, 1.807) is 0 Å². The monoisotopic (exact) mass is 250 g/mol. The molecule has 4 heteroatoms. The molecule has 100 valence electrons. The Morgan fingerprint density at radius 2 is 2.22 bits per heavy atom. The van der Waals surface area contributed by atoms with Gasteiger partial charge in [-0.25, -0.2) is 0 Å². The van der Waals surface area contributed by atoms with E-state index in [1.807, 2.05) is 13.8 Å². The summed E-state index contributed by atoms with van der Waals surface area (Å²) in [6.45, 7) is 4.88. The molecule has 2 bridgehead atoms. The first-order valence-corrected chi connectivity index (χ1v) is 6.84. The van der Waals surface area contributed by atoms with E-state index in [9.17, 15) is 9.90 Å². The lowest BCUT2D eigenvalue weighted by atomic mass is 9.89. The summed E-state index contributed by atoms with van der Waals surface area (Å²) in [5, 5.41) is 18.2. The molecule has 0 aromatic heterocycles. The van der Waals surface area contributed by atoms with Crippen molar-refractivity contribution in [3.05, 3.63) is 0 Å². The quantitative estimate of drug-likeness (QED) is 0.812. The summed E-state index contributed by atoms with van der Waals surface area (Å²) in [4.78, 5) is 13.5. The molecule has 18 heavy (non-hydrogen) atoms. The topological polar surface area (TPSA) is 64.3 Å². The van der Waals surface area contributed by atoms with Crippen LogP contribution in [0.3, 0.4) is 0 Å². The number of nitrogens with zero attached hydrogens (tertiary/aromatic N) is 2. The summed E-state index contributed by atoms with van der Waals surface area (Å²) in [5.74, 6) is -0.794. The highest BCUT2D eigenvalue weighted by molar-refractivity contribution is 5.71. The Bertz CT molecular complexity index is 372. The Labute approximate surface area is 109 Å². The molecule has 2 heterocycles. The fourth-order valence-corrected chi connectivity index (χ4v) is 3.47. The highest BCUT2D eigenvalue weighted by Crippen LogP contribution is 2.42. The third-order valence-electron chi connectivity index (χ3n) is 4.52. The number of carboxylic acids is 1. The molecule has 2 rings (SSSR count). The predicted molar refractivity (Wildman–Crippen MR) is 67.9 cm³/mol. The number of hydrogen-bond donors (Lipinski definition) is 1. The Hall–Kier alpha value is -1.08. The molecule has 3 unspecified atom stereocenters. The van der Waals surface area contributed by atoms with Crippen molar-refractivity contribution >= 4 is 5.97 Å². The first-order chi connectivity index (χ1) is 8.44. The van der Waals surface area contributed by atoms with Gasteiger partial charge >= 0.3 is 5.97 Å². The number of nitriles is 1. The second kappa shape index (κ2) is 4.89. The van der Waals surface area contributed by atoms with Gasteiger partial charge in [-0.2, -0.15) is 5.26 Å². The van der Waals surface area contributed by atoms with Crippen molar-refractivity contribution in [1.29, 1.82) is 5.26 Å². The maximum Gasteiger partial charge on any atom is 0.308 e. The Kier molecular flexibility index (Phi) is 3.63. The van der Waals surface area contributed by atoms with E-state index in [2.05, 4.69) is 11.0 Å². The minimum atomic E-state index is -0.635. The Morgan fingerprint density at radius 3 is 2.78 bits per heavy atom. The number of fused-ring (bicyclic) bond motifs is 2. The Balaban J connectivity index is 1.85. The van der Waals surface area contributed by atoms with Crippen LogP contribution in [0.15, 0.2) is 0 Å². The maximum atomic E-state index is 11.1. The summed E-state index contributed by atoms with van der Waals surface area (Å²) in [7, 11) is 0. The molecular weight excluding hydrogens is 228 g/mol. The van der Waals surface area contributed by atoms with Crippen molar-refractivity contribution < 1.29 is 9.90 Å². The van der Waals surface area contributed by atoms with Gasteiger partial charge in [0.15, 0.2) is 0 Å². The molecule has 2 aliphatic heterocycles. The molecule has 2 saturated heterocycles. The number of hydrogen-bond acceptors (Lipinski definition) is 3. The number of carboxylic acid groups (broad SMARTS) is 1. The van der Waals surface area contributed by atoms with E-state index in [4.69, 9.17) is 5.26 Å². The maximum absolute atomic E-state index is 11.1. The van der Waals surface area contributed by atoms with Crippen molar-refractivity contribution in [2.24, 2.45) is 11.3 Å². The zero-order valence-electron chi connectivity index (χ0n) is 11.2. The SMILES string of the molecule is CC(C)(C#N)CCCN1C2CCC1C(C(=O)O)C2. The van der Waals surface area contributed by atoms with Gasteiger partial charge in [0.05, 0.1) is 17.4 Å². The van der Waals surface area contributed by atoms with Gasteiger partial charge in [-0.3, -0.25) is 9.69 Å². The van der Waals surface area contributed by atoms with Gasteiger partial charge in [-0.05, 0) is 52.5 Å². The summed E-state index contributed by atoms with van der Waals surface area (Å²) < 4.78 is 0. The van der Waals surface area contributed by atoms with E-state index < -0.39 is 5.97 Å². The highest BCUT2D eigenvalue weighted by atomic mass is 16.4. The molecule has 2 aliphatic rings. The lowest BCUT2D eigenvalue weighted by Gasteiger charge is -2.24. The minimum Gasteiger partial charge on any atom is -0.481 e. The standard InChI is InChI=1S/C14H22N2O2/c1-14(2,9-15)6-3-7-16-10-4-5-12(16)11(8-10)13(17)18/h10-12H,3-8H2,1-2H3,(H,17,18). The molecule has 0 spiro atoms. The van der Waals surface area contributed by atoms with Crippen LogP contribution in [0.1, 0.15) is 46.0 Å². The van der Waals surface area contributed by atoms with Gasteiger partial charge in [0.1, 0.15) is 0 Å². The molecule has 0 aliphatic carbocycles. The average molecular weight is 250 g/mol. The van der Waals surface area contributed by atoms with Gasteiger partial charge < -0.3 is 5.11 Å². The predicted octanol–water partition coefficient (Wildman–Crippen LogP) is 2.25. The number of carbonyl (C=O) groups is 1.